The first kappa shape index (κ1) is 15.4. The van der Waals surface area contributed by atoms with E-state index in [2.05, 4.69) is 4.74 Å². The molecule has 1 rings (SSSR count). The Morgan fingerprint density at radius 2 is 2.06 bits per heavy atom. The van der Waals surface area contributed by atoms with Crippen LogP contribution in [0.5, 0.6) is 0 Å². The van der Waals surface area contributed by atoms with E-state index in [0.717, 1.165) is 0 Å². The molecule has 0 bridgehead atoms. The van der Waals surface area contributed by atoms with Gasteiger partial charge < -0.3 is 9.29 Å². The summed E-state index contributed by atoms with van der Waals surface area (Å²) in [6.07, 6.45) is 0. The summed E-state index contributed by atoms with van der Waals surface area (Å²) in [7, 11) is -3.38. The number of anilines is 1. The Hall–Kier alpha value is -0.600. The Labute approximate surface area is 115 Å². The first-order chi connectivity index (χ1) is 6.92. The quantitative estimate of drug-likeness (QED) is 0.360. The van der Waals surface area contributed by atoms with Crippen molar-refractivity contribution in [1.82, 2.24) is 0 Å². The molecule has 1 aromatic carbocycles. The zero-order chi connectivity index (χ0) is 11.5. The zero-order valence-electron chi connectivity index (χ0n) is 8.76. The second kappa shape index (κ2) is 6.21. The third-order valence-electron chi connectivity index (χ3n) is 1.53. The summed E-state index contributed by atoms with van der Waals surface area (Å²) in [6.45, 7) is 0. The molecule has 6 nitrogen and oxygen atoms in total. The predicted molar refractivity (Wildman–Crippen MR) is 51.1 cm³/mol. The van der Waals surface area contributed by atoms with Crippen molar-refractivity contribution in [2.24, 2.45) is 0 Å². The Bertz CT molecular complexity index is 473. The van der Waals surface area contributed by atoms with Crippen LogP contribution in [0.3, 0.4) is 0 Å². The van der Waals surface area contributed by atoms with Gasteiger partial charge in [0.15, 0.2) is 10.3 Å². The molecule has 0 aliphatic carbocycles. The van der Waals surface area contributed by atoms with Gasteiger partial charge in [-0.3, -0.25) is 4.72 Å². The van der Waals surface area contributed by atoms with Gasteiger partial charge in [-0.15, -0.1) is 0 Å². The molecule has 0 amide bonds. The first-order valence-electron chi connectivity index (χ1n) is 3.84. The maximum atomic E-state index is 11.1. The van der Waals surface area contributed by atoms with Crippen LogP contribution in [0.1, 0.15) is 10.4 Å². The second-order valence-corrected chi connectivity index (χ2v) is 3.74. The summed E-state index contributed by atoms with van der Waals surface area (Å²) in [4.78, 5) is 11.1. The van der Waals surface area contributed by atoms with E-state index >= 15 is 0 Å². The molecule has 1 N–H and O–H groups in total. The molecule has 8 heteroatoms. The number of carbonyl (C=O) groups excluding carboxylic acids is 1. The number of carbonyl (C=O) groups is 1. The van der Waals surface area contributed by atoms with Gasteiger partial charge in [0.2, 0.25) is 0 Å². The average Bonchev–Trinajstić information content (AvgIpc) is 2.14. The van der Waals surface area contributed by atoms with E-state index in [0.29, 0.717) is 0 Å². The molecule has 0 fully saturated rings. The zero-order valence-corrected chi connectivity index (χ0v) is 11.6. The minimum atomic E-state index is -4.58. The van der Waals surface area contributed by atoms with Crippen LogP contribution in [0.25, 0.3) is 0 Å². The molecule has 0 heterocycles. The van der Waals surface area contributed by atoms with E-state index in [4.69, 9.17) is 0 Å². The van der Waals surface area contributed by atoms with Gasteiger partial charge in [-0.25, -0.2) is 13.2 Å². The van der Waals surface area contributed by atoms with Gasteiger partial charge in [-0.1, -0.05) is 6.07 Å². The van der Waals surface area contributed by atoms with Gasteiger partial charge >= 0.3 is 35.5 Å². The molecule has 0 saturated carbocycles. The maximum Gasteiger partial charge on any atom is 1.00 e. The second-order valence-electron chi connectivity index (χ2n) is 2.63. The standard InChI is InChI=1S/C8H9NO5S.Na/c1-14-8(10)6-3-2-4-7(5-6)9-15(11,12)13;/h2-5,9H,1H3,(H,11,12,13);/q;+1/p-1. The van der Waals surface area contributed by atoms with E-state index in [1.807, 2.05) is 0 Å². The molecule has 1 aromatic rings. The van der Waals surface area contributed by atoms with E-state index < -0.39 is 16.3 Å². The Kier molecular flexibility index (Phi) is 5.98. The number of hydrogen-bond donors (Lipinski definition) is 1. The number of rotatable bonds is 3. The molecule has 16 heavy (non-hydrogen) atoms. The van der Waals surface area contributed by atoms with Crippen LogP contribution in [0.15, 0.2) is 24.3 Å². The van der Waals surface area contributed by atoms with Gasteiger partial charge in [0.05, 0.1) is 12.7 Å². The Morgan fingerprint density at radius 1 is 1.44 bits per heavy atom. The van der Waals surface area contributed by atoms with Crippen molar-refractivity contribution in [2.45, 2.75) is 0 Å². The van der Waals surface area contributed by atoms with Gasteiger partial charge in [-0.2, -0.15) is 0 Å². The molecule has 0 aliphatic rings. The SMILES string of the molecule is COC(=O)c1cccc(NS(=O)(=O)[O-])c1.[Na+]. The van der Waals surface area contributed by atoms with E-state index in [1.54, 1.807) is 4.72 Å². The van der Waals surface area contributed by atoms with Crippen molar-refractivity contribution in [3.05, 3.63) is 29.8 Å². The molecule has 0 aliphatic heterocycles. The monoisotopic (exact) mass is 253 g/mol. The number of methoxy groups -OCH3 is 1. The molecule has 82 valence electrons. The van der Waals surface area contributed by atoms with Gasteiger partial charge in [0.1, 0.15) is 0 Å². The summed E-state index contributed by atoms with van der Waals surface area (Å²) in [5.41, 5.74) is 0.180. The van der Waals surface area contributed by atoms with Gasteiger partial charge in [-0.05, 0) is 18.2 Å². The van der Waals surface area contributed by atoms with Crippen LogP contribution >= 0.6 is 0 Å². The predicted octanol–water partition coefficient (Wildman–Crippen LogP) is -2.65. The molecular formula is C8H8NNaO5S. The molecule has 0 unspecified atom stereocenters. The third-order valence-corrected chi connectivity index (χ3v) is 2.01. The fraction of sp³-hybridized carbons (Fsp3) is 0.125. The smallest absolute Gasteiger partial charge is 0.731 e. The van der Waals surface area contributed by atoms with E-state index in [-0.39, 0.29) is 40.8 Å². The first-order valence-corrected chi connectivity index (χ1v) is 5.25. The van der Waals surface area contributed by atoms with E-state index in [1.165, 1.54) is 31.4 Å². The number of hydrogen-bond acceptors (Lipinski definition) is 5. The van der Waals surface area contributed by atoms with E-state index in [9.17, 15) is 17.8 Å². The van der Waals surface area contributed by atoms with Crippen molar-refractivity contribution in [3.8, 4) is 0 Å². The third kappa shape index (κ3) is 4.95. The van der Waals surface area contributed by atoms with Crippen molar-refractivity contribution in [1.29, 1.82) is 0 Å². The van der Waals surface area contributed by atoms with Crippen molar-refractivity contribution < 1.29 is 52.1 Å². The fourth-order valence-electron chi connectivity index (χ4n) is 0.972. The number of benzene rings is 1. The topological polar surface area (TPSA) is 95.5 Å². The minimum absolute atomic E-state index is 0. The van der Waals surface area contributed by atoms with Crippen LogP contribution in [0.4, 0.5) is 5.69 Å². The average molecular weight is 253 g/mol. The summed E-state index contributed by atoms with van der Waals surface area (Å²) < 4.78 is 37.2. The normalized spacial score (nSPS) is 10.1. The maximum absolute atomic E-state index is 11.1. The van der Waals surface area contributed by atoms with Crippen LogP contribution in [-0.2, 0) is 15.0 Å². The van der Waals surface area contributed by atoms with Crippen molar-refractivity contribution in [3.63, 3.8) is 0 Å². The fourth-order valence-corrected chi connectivity index (χ4v) is 1.39. The van der Waals surface area contributed by atoms with Crippen LogP contribution in [-0.4, -0.2) is 26.0 Å². The largest absolute Gasteiger partial charge is 1.00 e. The summed E-state index contributed by atoms with van der Waals surface area (Å²) in [6, 6.07) is 5.43. The molecule has 0 saturated heterocycles. The summed E-state index contributed by atoms with van der Waals surface area (Å²) >= 11 is 0. The molecular weight excluding hydrogens is 245 g/mol. The van der Waals surface area contributed by atoms with Gasteiger partial charge in [0, 0.05) is 5.69 Å². The molecule has 0 spiro atoms. The van der Waals surface area contributed by atoms with Crippen LogP contribution < -0.4 is 34.3 Å². The number of esters is 1. The Balaban J connectivity index is 0.00000225. The molecule has 0 aromatic heterocycles. The van der Waals surface area contributed by atoms with Crippen molar-refractivity contribution >= 4 is 22.0 Å². The molecule has 0 atom stereocenters. The Morgan fingerprint density at radius 3 is 2.56 bits per heavy atom. The molecule has 0 radical (unpaired) electrons. The number of ether oxygens (including phenoxy) is 1. The summed E-state index contributed by atoms with van der Waals surface area (Å²) in [5, 5.41) is 0. The minimum Gasteiger partial charge on any atom is -0.731 e. The van der Waals surface area contributed by atoms with Gasteiger partial charge in [0.25, 0.3) is 0 Å². The summed E-state index contributed by atoms with van der Waals surface area (Å²) in [5.74, 6) is -0.609. The number of nitrogens with one attached hydrogen (secondary N) is 1. The van der Waals surface area contributed by atoms with Crippen molar-refractivity contribution in [2.75, 3.05) is 11.8 Å². The van der Waals surface area contributed by atoms with Crippen LogP contribution in [0.2, 0.25) is 0 Å². The van der Waals surface area contributed by atoms with Crippen LogP contribution in [0, 0.1) is 0 Å².